The molecule has 0 bridgehead atoms. The lowest BCUT2D eigenvalue weighted by atomic mass is 10.00. The molecule has 1 amide bonds. The Morgan fingerprint density at radius 3 is 2.46 bits per heavy atom. The van der Waals surface area contributed by atoms with Crippen molar-refractivity contribution in [3.8, 4) is 0 Å². The highest BCUT2D eigenvalue weighted by Gasteiger charge is 2.22. The topological polar surface area (TPSA) is 62.3 Å². The Bertz CT molecular complexity index is 769. The molecule has 0 radical (unpaired) electrons. The van der Waals surface area contributed by atoms with E-state index in [0.717, 1.165) is 18.8 Å². The van der Waals surface area contributed by atoms with Crippen molar-refractivity contribution in [3.63, 3.8) is 0 Å². The van der Waals surface area contributed by atoms with Crippen LogP contribution in [0.3, 0.4) is 0 Å². The second-order valence-electron chi connectivity index (χ2n) is 6.74. The number of Topliss-reactive ketones (excluding diaryl/α,β-unsaturated/α-hetero) is 1. The van der Waals surface area contributed by atoms with Gasteiger partial charge in [-0.1, -0.05) is 6.92 Å². The predicted molar refractivity (Wildman–Crippen MR) is 104 cm³/mol. The van der Waals surface area contributed by atoms with E-state index in [9.17, 15) is 9.59 Å². The molecule has 1 N–H and O–H groups in total. The molecule has 1 aromatic carbocycles. The van der Waals surface area contributed by atoms with Gasteiger partial charge in [0.05, 0.1) is 5.56 Å². The summed E-state index contributed by atoms with van der Waals surface area (Å²) >= 11 is 0. The van der Waals surface area contributed by atoms with Gasteiger partial charge in [-0.15, -0.1) is 0 Å². The first-order chi connectivity index (χ1) is 12.6. The van der Waals surface area contributed by atoms with Crippen molar-refractivity contribution in [1.29, 1.82) is 0 Å². The van der Waals surface area contributed by atoms with Crippen molar-refractivity contribution in [1.82, 2.24) is 4.98 Å². The number of hydrogen-bond donors (Lipinski definition) is 1. The Morgan fingerprint density at radius 2 is 1.85 bits per heavy atom. The summed E-state index contributed by atoms with van der Waals surface area (Å²) in [6, 6.07) is 11.2. The first-order valence-corrected chi connectivity index (χ1v) is 9.23. The maximum atomic E-state index is 12.4. The molecule has 26 heavy (non-hydrogen) atoms. The number of ketones is 1. The van der Waals surface area contributed by atoms with Crippen molar-refractivity contribution in [2.45, 2.75) is 45.6 Å². The molecule has 5 heteroatoms. The van der Waals surface area contributed by atoms with Crippen LogP contribution in [0.15, 0.2) is 42.6 Å². The average Bonchev–Trinajstić information content (AvgIpc) is 2.68. The van der Waals surface area contributed by atoms with Crippen LogP contribution in [0.25, 0.3) is 0 Å². The molecular formula is C21H25N3O2. The number of pyridine rings is 1. The first kappa shape index (κ1) is 18.1. The molecule has 0 spiro atoms. The minimum absolute atomic E-state index is 0.00533. The molecule has 3 rings (SSSR count). The van der Waals surface area contributed by atoms with E-state index in [0.29, 0.717) is 22.9 Å². The van der Waals surface area contributed by atoms with E-state index in [1.54, 1.807) is 30.5 Å². The van der Waals surface area contributed by atoms with Crippen LogP contribution < -0.4 is 10.2 Å². The lowest BCUT2D eigenvalue weighted by Crippen LogP contribution is -2.39. The zero-order valence-corrected chi connectivity index (χ0v) is 15.4. The summed E-state index contributed by atoms with van der Waals surface area (Å²) < 4.78 is 0. The third-order valence-electron chi connectivity index (χ3n) is 4.95. The number of hydrogen-bond acceptors (Lipinski definition) is 4. The fraction of sp³-hybridized carbons (Fsp3) is 0.381. The molecule has 1 unspecified atom stereocenters. The molecule has 1 aromatic heterocycles. The summed E-state index contributed by atoms with van der Waals surface area (Å²) in [5.74, 6) is 0.745. The van der Waals surface area contributed by atoms with Gasteiger partial charge >= 0.3 is 0 Å². The number of benzene rings is 1. The minimum Gasteiger partial charge on any atom is -0.354 e. The Morgan fingerprint density at radius 1 is 1.12 bits per heavy atom. The van der Waals surface area contributed by atoms with Gasteiger partial charge in [-0.05, 0) is 69.0 Å². The molecule has 1 saturated heterocycles. The van der Waals surface area contributed by atoms with Crippen molar-refractivity contribution >= 4 is 23.2 Å². The predicted octanol–water partition coefficient (Wildman–Crippen LogP) is 4.31. The number of nitrogens with zero attached hydrogens (tertiary/aromatic N) is 2. The van der Waals surface area contributed by atoms with Crippen LogP contribution in [0.2, 0.25) is 0 Å². The number of rotatable bonds is 5. The molecule has 0 aliphatic carbocycles. The van der Waals surface area contributed by atoms with Crippen LogP contribution in [-0.4, -0.2) is 29.3 Å². The van der Waals surface area contributed by atoms with Gasteiger partial charge in [0.15, 0.2) is 5.78 Å². The molecule has 1 aliphatic rings. The number of nitrogens with one attached hydrogen (secondary N) is 1. The van der Waals surface area contributed by atoms with Crippen molar-refractivity contribution in [3.05, 3.63) is 53.7 Å². The Hall–Kier alpha value is -2.69. The third-order valence-corrected chi connectivity index (χ3v) is 4.95. The largest absolute Gasteiger partial charge is 0.354 e. The second-order valence-corrected chi connectivity index (χ2v) is 6.74. The number of carbonyl (C=O) groups excluding carboxylic acids is 2. The smallest absolute Gasteiger partial charge is 0.257 e. The zero-order valence-electron chi connectivity index (χ0n) is 15.4. The fourth-order valence-electron chi connectivity index (χ4n) is 3.41. The summed E-state index contributed by atoms with van der Waals surface area (Å²) in [6.07, 6.45) is 6.42. The molecule has 5 nitrogen and oxygen atoms in total. The first-order valence-electron chi connectivity index (χ1n) is 9.23. The summed E-state index contributed by atoms with van der Waals surface area (Å²) in [4.78, 5) is 30.6. The monoisotopic (exact) mass is 351 g/mol. The van der Waals surface area contributed by atoms with Crippen LogP contribution in [0.1, 0.15) is 60.2 Å². The molecule has 136 valence electrons. The van der Waals surface area contributed by atoms with Gasteiger partial charge in [-0.2, -0.15) is 0 Å². The van der Waals surface area contributed by atoms with Crippen molar-refractivity contribution in [2.75, 3.05) is 16.8 Å². The summed E-state index contributed by atoms with van der Waals surface area (Å²) in [5.41, 5.74) is 1.81. The van der Waals surface area contributed by atoms with Gasteiger partial charge in [0.2, 0.25) is 0 Å². The maximum Gasteiger partial charge on any atom is 0.257 e. The van der Waals surface area contributed by atoms with E-state index in [2.05, 4.69) is 22.1 Å². The quantitative estimate of drug-likeness (QED) is 0.816. The highest BCUT2D eigenvalue weighted by Crippen LogP contribution is 2.25. The van der Waals surface area contributed by atoms with Gasteiger partial charge in [-0.3, -0.25) is 9.59 Å². The average molecular weight is 351 g/mol. The number of aromatic nitrogens is 1. The minimum atomic E-state index is -0.203. The molecule has 1 aliphatic heterocycles. The summed E-state index contributed by atoms with van der Waals surface area (Å²) in [7, 11) is 0. The van der Waals surface area contributed by atoms with Crippen LogP contribution in [0.4, 0.5) is 11.5 Å². The van der Waals surface area contributed by atoms with Crippen LogP contribution in [0, 0.1) is 0 Å². The second kappa shape index (κ2) is 8.13. The highest BCUT2D eigenvalue weighted by molar-refractivity contribution is 6.04. The Kier molecular flexibility index (Phi) is 5.66. The van der Waals surface area contributed by atoms with E-state index in [-0.39, 0.29) is 11.7 Å². The molecule has 0 saturated carbocycles. The standard InChI is InChI=1S/C21H25N3O2/c1-3-19-6-4-5-13-24(19)20-12-9-17(14-22-20)21(26)23-18-10-7-16(8-11-18)15(2)25/h7-12,14,19H,3-6,13H2,1-2H3,(H,23,26). The van der Waals surface area contributed by atoms with Crippen LogP contribution >= 0.6 is 0 Å². The van der Waals surface area contributed by atoms with Gasteiger partial charge in [0.25, 0.3) is 5.91 Å². The van der Waals surface area contributed by atoms with Crippen LogP contribution in [0.5, 0.6) is 0 Å². The van der Waals surface area contributed by atoms with Crippen LogP contribution in [-0.2, 0) is 0 Å². The molecule has 2 heterocycles. The van der Waals surface area contributed by atoms with E-state index in [4.69, 9.17) is 0 Å². The fourth-order valence-corrected chi connectivity index (χ4v) is 3.41. The molecule has 1 fully saturated rings. The van der Waals surface area contributed by atoms with E-state index in [1.165, 1.54) is 26.2 Å². The third kappa shape index (κ3) is 4.10. The normalized spacial score (nSPS) is 17.0. The lowest BCUT2D eigenvalue weighted by molar-refractivity contribution is 0.101. The summed E-state index contributed by atoms with van der Waals surface area (Å²) in [5, 5.41) is 2.84. The van der Waals surface area contributed by atoms with Gasteiger partial charge in [-0.25, -0.2) is 4.98 Å². The molecular weight excluding hydrogens is 326 g/mol. The zero-order chi connectivity index (χ0) is 18.5. The van der Waals surface area contributed by atoms with E-state index in [1.807, 2.05) is 12.1 Å². The van der Waals surface area contributed by atoms with Gasteiger partial charge < -0.3 is 10.2 Å². The van der Waals surface area contributed by atoms with E-state index >= 15 is 0 Å². The van der Waals surface area contributed by atoms with Gasteiger partial charge in [0, 0.05) is 30.0 Å². The van der Waals surface area contributed by atoms with Crippen molar-refractivity contribution in [2.24, 2.45) is 0 Å². The van der Waals surface area contributed by atoms with E-state index < -0.39 is 0 Å². The number of anilines is 2. The highest BCUT2D eigenvalue weighted by atomic mass is 16.1. The number of piperidine rings is 1. The maximum absolute atomic E-state index is 12.4. The lowest BCUT2D eigenvalue weighted by Gasteiger charge is -2.36. The van der Waals surface area contributed by atoms with Crippen molar-refractivity contribution < 1.29 is 9.59 Å². The Balaban J connectivity index is 1.67. The molecule has 1 atom stereocenters. The summed E-state index contributed by atoms with van der Waals surface area (Å²) in [6.45, 7) is 4.76. The number of amides is 1. The SMILES string of the molecule is CCC1CCCCN1c1ccc(C(=O)Nc2ccc(C(C)=O)cc2)cn1. The number of carbonyl (C=O) groups is 2. The Labute approximate surface area is 154 Å². The van der Waals surface area contributed by atoms with Gasteiger partial charge in [0.1, 0.15) is 5.82 Å². The molecule has 2 aromatic rings.